The molecule has 0 spiro atoms. The largest absolute Gasteiger partial charge is 0.207 e. The van der Waals surface area contributed by atoms with Crippen LogP contribution in [0.3, 0.4) is 0 Å². The second-order valence-electron chi connectivity index (χ2n) is 3.55. The van der Waals surface area contributed by atoms with Gasteiger partial charge in [0.05, 0.1) is 0 Å². The van der Waals surface area contributed by atoms with Crippen molar-refractivity contribution in [1.29, 1.82) is 0 Å². The highest BCUT2D eigenvalue weighted by atomic mass is 19.1. The highest BCUT2D eigenvalue weighted by Crippen LogP contribution is 2.13. The lowest BCUT2D eigenvalue weighted by Crippen LogP contribution is -1.93. The zero-order chi connectivity index (χ0) is 11.4. The first-order chi connectivity index (χ1) is 7.75. The van der Waals surface area contributed by atoms with Gasteiger partial charge in [-0.3, -0.25) is 0 Å². The minimum Gasteiger partial charge on any atom is -0.207 e. The first-order valence-electron chi connectivity index (χ1n) is 5.08. The molecule has 16 heavy (non-hydrogen) atoms. The normalized spacial score (nSPS) is 10.4. The van der Waals surface area contributed by atoms with E-state index in [1.807, 2.05) is 36.8 Å². The Hall–Kier alpha value is -1.70. The van der Waals surface area contributed by atoms with Crippen molar-refractivity contribution in [1.82, 2.24) is 0 Å². The van der Waals surface area contributed by atoms with E-state index in [9.17, 15) is 8.78 Å². The Labute approximate surface area is 93.5 Å². The Bertz CT molecular complexity index is 463. The van der Waals surface area contributed by atoms with Crippen LogP contribution in [0.15, 0.2) is 48.5 Å². The first kappa shape index (κ1) is 10.8. The van der Waals surface area contributed by atoms with E-state index in [2.05, 4.69) is 0 Å². The van der Waals surface area contributed by atoms with Crippen molar-refractivity contribution in [2.45, 2.75) is 6.42 Å². The summed E-state index contributed by atoms with van der Waals surface area (Å²) in [6, 6.07) is 13.3. The number of hydrogen-bond acceptors (Lipinski definition) is 0. The third kappa shape index (κ3) is 2.66. The average Bonchev–Trinajstić information content (AvgIpc) is 2.29. The molecule has 0 saturated heterocycles. The smallest absolute Gasteiger partial charge is 0.129 e. The van der Waals surface area contributed by atoms with Gasteiger partial charge in [-0.15, -0.1) is 0 Å². The van der Waals surface area contributed by atoms with Gasteiger partial charge < -0.3 is 0 Å². The van der Waals surface area contributed by atoms with Crippen LogP contribution in [0.5, 0.6) is 0 Å². The number of rotatable bonds is 3. The van der Waals surface area contributed by atoms with Crippen molar-refractivity contribution in [3.63, 3.8) is 0 Å². The lowest BCUT2D eigenvalue weighted by atomic mass is 10.0. The molecule has 0 aliphatic rings. The summed E-state index contributed by atoms with van der Waals surface area (Å²) < 4.78 is 26.0. The number of benzene rings is 2. The van der Waals surface area contributed by atoms with E-state index in [0.717, 1.165) is 11.6 Å². The SMILES string of the molecule is Fc1ccc(C[CH]c2ccccc2)c(F)c1. The summed E-state index contributed by atoms with van der Waals surface area (Å²) in [6.45, 7) is 0. The molecule has 0 heterocycles. The van der Waals surface area contributed by atoms with Gasteiger partial charge >= 0.3 is 0 Å². The highest BCUT2D eigenvalue weighted by molar-refractivity contribution is 5.27. The molecule has 0 bridgehead atoms. The molecule has 0 saturated carbocycles. The van der Waals surface area contributed by atoms with Gasteiger partial charge in [0.25, 0.3) is 0 Å². The maximum Gasteiger partial charge on any atom is 0.129 e. The van der Waals surface area contributed by atoms with Gasteiger partial charge in [-0.25, -0.2) is 8.78 Å². The molecule has 0 fully saturated rings. The molecule has 2 rings (SSSR count). The second kappa shape index (κ2) is 4.88. The fourth-order valence-electron chi connectivity index (χ4n) is 1.50. The van der Waals surface area contributed by atoms with Crippen LogP contribution in [0.2, 0.25) is 0 Å². The van der Waals surface area contributed by atoms with Crippen molar-refractivity contribution >= 4 is 0 Å². The minimum absolute atomic E-state index is 0.468. The summed E-state index contributed by atoms with van der Waals surface area (Å²) in [6.07, 6.45) is 2.38. The number of halogens is 2. The molecule has 2 aromatic rings. The fraction of sp³-hybridized carbons (Fsp3) is 0.0714. The van der Waals surface area contributed by atoms with Gasteiger partial charge in [-0.05, 0) is 30.0 Å². The molecule has 0 N–H and O–H groups in total. The maximum atomic E-state index is 13.3. The summed E-state index contributed by atoms with van der Waals surface area (Å²) >= 11 is 0. The molecule has 2 aromatic carbocycles. The molecule has 0 nitrogen and oxygen atoms in total. The summed E-state index contributed by atoms with van der Waals surface area (Å²) in [7, 11) is 0. The average molecular weight is 217 g/mol. The summed E-state index contributed by atoms with van der Waals surface area (Å²) in [5, 5.41) is 0. The van der Waals surface area contributed by atoms with Crippen LogP contribution < -0.4 is 0 Å². The molecule has 0 unspecified atom stereocenters. The standard InChI is InChI=1S/C14H11F2/c15-13-9-8-12(14(16)10-13)7-6-11-4-2-1-3-5-11/h1-6,8-10H,7H2. The van der Waals surface area contributed by atoms with E-state index >= 15 is 0 Å². The van der Waals surface area contributed by atoms with Crippen LogP contribution in [0.1, 0.15) is 11.1 Å². The lowest BCUT2D eigenvalue weighted by molar-refractivity contribution is 0.574. The van der Waals surface area contributed by atoms with Gasteiger partial charge in [0.15, 0.2) is 0 Å². The topological polar surface area (TPSA) is 0 Å². The van der Waals surface area contributed by atoms with Gasteiger partial charge in [-0.2, -0.15) is 0 Å². The van der Waals surface area contributed by atoms with E-state index in [0.29, 0.717) is 12.0 Å². The maximum absolute atomic E-state index is 13.3. The Morgan fingerprint density at radius 2 is 1.69 bits per heavy atom. The van der Waals surface area contributed by atoms with Crippen molar-refractivity contribution < 1.29 is 8.78 Å². The zero-order valence-electron chi connectivity index (χ0n) is 8.66. The lowest BCUT2D eigenvalue weighted by Gasteiger charge is -2.03. The third-order valence-corrected chi connectivity index (χ3v) is 2.37. The van der Waals surface area contributed by atoms with Crippen LogP contribution in [0.4, 0.5) is 8.78 Å². The molecular weight excluding hydrogens is 206 g/mol. The molecular formula is C14H11F2. The van der Waals surface area contributed by atoms with E-state index in [-0.39, 0.29) is 0 Å². The van der Waals surface area contributed by atoms with E-state index < -0.39 is 11.6 Å². The van der Waals surface area contributed by atoms with E-state index in [1.165, 1.54) is 12.1 Å². The van der Waals surface area contributed by atoms with Crippen molar-refractivity contribution in [2.24, 2.45) is 0 Å². The second-order valence-corrected chi connectivity index (χ2v) is 3.55. The van der Waals surface area contributed by atoms with Gasteiger partial charge in [0.1, 0.15) is 11.6 Å². The summed E-state index contributed by atoms with van der Waals surface area (Å²) in [5.74, 6) is -1.03. The molecule has 1 radical (unpaired) electrons. The van der Waals surface area contributed by atoms with Crippen molar-refractivity contribution in [2.75, 3.05) is 0 Å². The van der Waals surface area contributed by atoms with Crippen LogP contribution in [-0.4, -0.2) is 0 Å². The predicted octanol–water partition coefficient (Wildman–Crippen LogP) is 3.76. The summed E-state index contributed by atoms with van der Waals surface area (Å²) in [5.41, 5.74) is 1.54. The molecule has 0 aliphatic heterocycles. The summed E-state index contributed by atoms with van der Waals surface area (Å²) in [4.78, 5) is 0. The monoisotopic (exact) mass is 217 g/mol. The third-order valence-electron chi connectivity index (χ3n) is 2.37. The van der Waals surface area contributed by atoms with Gasteiger partial charge in [-0.1, -0.05) is 36.4 Å². The van der Waals surface area contributed by atoms with Crippen molar-refractivity contribution in [3.8, 4) is 0 Å². The molecule has 0 aliphatic carbocycles. The molecule has 0 atom stereocenters. The Morgan fingerprint density at radius 3 is 2.38 bits per heavy atom. The van der Waals surface area contributed by atoms with Gasteiger partial charge in [0, 0.05) is 6.07 Å². The minimum atomic E-state index is -0.541. The quantitative estimate of drug-likeness (QED) is 0.734. The predicted molar refractivity (Wildman–Crippen MR) is 59.9 cm³/mol. The Kier molecular flexibility index (Phi) is 3.30. The van der Waals surface area contributed by atoms with E-state index in [4.69, 9.17) is 0 Å². The molecule has 2 heteroatoms. The van der Waals surface area contributed by atoms with Gasteiger partial charge in [0.2, 0.25) is 0 Å². The van der Waals surface area contributed by atoms with Crippen LogP contribution >= 0.6 is 0 Å². The molecule has 0 aromatic heterocycles. The first-order valence-corrected chi connectivity index (χ1v) is 5.08. The van der Waals surface area contributed by atoms with Crippen LogP contribution in [0, 0.1) is 18.1 Å². The van der Waals surface area contributed by atoms with Crippen LogP contribution in [-0.2, 0) is 6.42 Å². The molecule has 81 valence electrons. The van der Waals surface area contributed by atoms with E-state index in [1.54, 1.807) is 0 Å². The number of hydrogen-bond donors (Lipinski definition) is 0. The molecule has 0 amide bonds. The van der Waals surface area contributed by atoms with Crippen LogP contribution in [0.25, 0.3) is 0 Å². The fourth-order valence-corrected chi connectivity index (χ4v) is 1.50. The zero-order valence-corrected chi connectivity index (χ0v) is 8.66. The Balaban J connectivity index is 2.05. The van der Waals surface area contributed by atoms with Crippen molar-refractivity contribution in [3.05, 3.63) is 77.7 Å². The Morgan fingerprint density at radius 1 is 0.938 bits per heavy atom. The highest BCUT2D eigenvalue weighted by Gasteiger charge is 2.03.